The van der Waals surface area contributed by atoms with Gasteiger partial charge in [0.2, 0.25) is 0 Å². The molecule has 2 rings (SSSR count). The first-order valence-corrected chi connectivity index (χ1v) is 7.41. The quantitative estimate of drug-likeness (QED) is 0.844. The number of aromatic nitrogens is 2. The molecule has 23 heavy (non-hydrogen) atoms. The molecule has 2 aromatic rings. The van der Waals surface area contributed by atoms with E-state index in [1.807, 2.05) is 6.07 Å². The highest BCUT2D eigenvalue weighted by Gasteiger charge is 2.23. The summed E-state index contributed by atoms with van der Waals surface area (Å²) in [6, 6.07) is 8.01. The first kappa shape index (κ1) is 17.0. The van der Waals surface area contributed by atoms with Crippen molar-refractivity contribution in [2.45, 2.75) is 19.9 Å². The number of hydrogen-bond acceptors (Lipinski definition) is 3. The maximum atomic E-state index is 12.9. The minimum atomic E-state index is -0.313. The molecular formula is C16H16ClFN4O. The van der Waals surface area contributed by atoms with Gasteiger partial charge in [-0.3, -0.25) is 4.79 Å². The average molecular weight is 335 g/mol. The van der Waals surface area contributed by atoms with Gasteiger partial charge in [-0.05, 0) is 24.6 Å². The van der Waals surface area contributed by atoms with Crippen LogP contribution in [0, 0.1) is 24.1 Å². The van der Waals surface area contributed by atoms with Crippen LogP contribution in [0.1, 0.15) is 28.0 Å². The zero-order valence-electron chi connectivity index (χ0n) is 12.9. The molecule has 0 saturated carbocycles. The summed E-state index contributed by atoms with van der Waals surface area (Å²) < 4.78 is 14.5. The summed E-state index contributed by atoms with van der Waals surface area (Å²) >= 11 is 6.30. The Balaban J connectivity index is 2.23. The average Bonchev–Trinajstić information content (AvgIpc) is 2.80. The van der Waals surface area contributed by atoms with Crippen molar-refractivity contribution in [2.24, 2.45) is 0 Å². The molecule has 1 aromatic carbocycles. The van der Waals surface area contributed by atoms with E-state index in [9.17, 15) is 9.18 Å². The number of benzene rings is 1. The van der Waals surface area contributed by atoms with Crippen molar-refractivity contribution in [1.29, 1.82) is 5.26 Å². The number of rotatable bonds is 5. The van der Waals surface area contributed by atoms with Crippen LogP contribution in [0.3, 0.4) is 0 Å². The van der Waals surface area contributed by atoms with E-state index in [1.54, 1.807) is 26.1 Å². The van der Waals surface area contributed by atoms with Gasteiger partial charge in [0.05, 0.1) is 30.3 Å². The minimum Gasteiger partial charge on any atom is -0.341 e. The summed E-state index contributed by atoms with van der Waals surface area (Å²) in [7, 11) is 1.62. The summed E-state index contributed by atoms with van der Waals surface area (Å²) in [6.45, 7) is 2.38. The number of nitriles is 1. The lowest BCUT2D eigenvalue weighted by molar-refractivity contribution is 0.0797. The maximum Gasteiger partial charge on any atom is 0.258 e. The maximum absolute atomic E-state index is 12.9. The molecular weight excluding hydrogens is 319 g/mol. The Hall–Kier alpha value is -2.39. The Kier molecular flexibility index (Phi) is 5.35. The van der Waals surface area contributed by atoms with Crippen LogP contribution in [0.2, 0.25) is 5.15 Å². The predicted octanol–water partition coefficient (Wildman–Crippen LogP) is 3.02. The Bertz CT molecular complexity index is 749. The van der Waals surface area contributed by atoms with Crippen LogP contribution >= 0.6 is 11.6 Å². The molecule has 1 amide bonds. The van der Waals surface area contributed by atoms with Crippen LogP contribution in [0.15, 0.2) is 24.3 Å². The topological polar surface area (TPSA) is 61.9 Å². The lowest BCUT2D eigenvalue weighted by Gasteiger charge is -2.15. The zero-order chi connectivity index (χ0) is 17.0. The highest BCUT2D eigenvalue weighted by atomic mass is 35.5. The molecule has 0 spiro atoms. The third-order valence-electron chi connectivity index (χ3n) is 3.43. The molecule has 120 valence electrons. The molecule has 0 radical (unpaired) electrons. The summed E-state index contributed by atoms with van der Waals surface area (Å²) in [5, 5.41) is 13.1. The lowest BCUT2D eigenvalue weighted by Crippen LogP contribution is -2.28. The summed E-state index contributed by atoms with van der Waals surface area (Å²) in [5.41, 5.74) is 1.67. The van der Waals surface area contributed by atoms with Crippen LogP contribution < -0.4 is 0 Å². The van der Waals surface area contributed by atoms with Gasteiger partial charge in [0.25, 0.3) is 5.91 Å². The predicted molar refractivity (Wildman–Crippen MR) is 84.7 cm³/mol. The van der Waals surface area contributed by atoms with E-state index < -0.39 is 0 Å². The number of carbonyl (C=O) groups is 1. The van der Waals surface area contributed by atoms with Crippen molar-refractivity contribution in [1.82, 2.24) is 14.7 Å². The van der Waals surface area contributed by atoms with E-state index in [4.69, 9.17) is 16.9 Å². The second kappa shape index (κ2) is 7.25. The van der Waals surface area contributed by atoms with Crippen LogP contribution in [-0.2, 0) is 6.54 Å². The SMILES string of the molecule is Cc1nn(Cc2ccc(F)cc2)c(Cl)c1C(=O)N(C)CCC#N. The number of carbonyl (C=O) groups excluding carboxylic acids is 1. The van der Waals surface area contributed by atoms with Crippen molar-refractivity contribution >= 4 is 17.5 Å². The van der Waals surface area contributed by atoms with E-state index in [-0.39, 0.29) is 23.3 Å². The highest BCUT2D eigenvalue weighted by molar-refractivity contribution is 6.33. The van der Waals surface area contributed by atoms with Gasteiger partial charge in [0.1, 0.15) is 11.0 Å². The molecule has 0 saturated heterocycles. The molecule has 7 heteroatoms. The smallest absolute Gasteiger partial charge is 0.258 e. The number of amides is 1. The number of hydrogen-bond donors (Lipinski definition) is 0. The van der Waals surface area contributed by atoms with Gasteiger partial charge in [0.15, 0.2) is 0 Å². The van der Waals surface area contributed by atoms with E-state index in [1.165, 1.54) is 21.7 Å². The first-order valence-electron chi connectivity index (χ1n) is 7.03. The second-order valence-corrected chi connectivity index (χ2v) is 5.53. The van der Waals surface area contributed by atoms with E-state index in [0.717, 1.165) is 5.56 Å². The van der Waals surface area contributed by atoms with Crippen LogP contribution in [-0.4, -0.2) is 34.2 Å². The molecule has 1 heterocycles. The molecule has 0 N–H and O–H groups in total. The minimum absolute atomic E-state index is 0.237. The fourth-order valence-corrected chi connectivity index (χ4v) is 2.49. The van der Waals surface area contributed by atoms with E-state index in [0.29, 0.717) is 24.3 Å². The van der Waals surface area contributed by atoms with Crippen molar-refractivity contribution < 1.29 is 9.18 Å². The molecule has 1 aromatic heterocycles. The standard InChI is InChI=1S/C16H16ClFN4O/c1-11-14(16(23)21(2)9-3-8-19)15(17)22(20-11)10-12-4-6-13(18)7-5-12/h4-7H,3,9-10H2,1-2H3. The van der Waals surface area contributed by atoms with Gasteiger partial charge in [0, 0.05) is 13.6 Å². The van der Waals surface area contributed by atoms with Crippen molar-refractivity contribution in [2.75, 3.05) is 13.6 Å². The van der Waals surface area contributed by atoms with E-state index >= 15 is 0 Å². The Labute approximate surface area is 138 Å². The Morgan fingerprint density at radius 3 is 2.70 bits per heavy atom. The van der Waals surface area contributed by atoms with Gasteiger partial charge in [-0.15, -0.1) is 0 Å². The number of halogens is 2. The molecule has 0 unspecified atom stereocenters. The molecule has 5 nitrogen and oxygen atoms in total. The molecule has 0 aliphatic rings. The summed E-state index contributed by atoms with van der Waals surface area (Å²) in [6.07, 6.45) is 0.253. The molecule has 0 aliphatic carbocycles. The largest absolute Gasteiger partial charge is 0.341 e. The number of aryl methyl sites for hydroxylation is 1. The fraction of sp³-hybridized carbons (Fsp3) is 0.312. The van der Waals surface area contributed by atoms with Gasteiger partial charge < -0.3 is 4.90 Å². The zero-order valence-corrected chi connectivity index (χ0v) is 13.6. The lowest BCUT2D eigenvalue weighted by atomic mass is 10.2. The molecule has 0 aliphatic heterocycles. The van der Waals surface area contributed by atoms with Crippen LogP contribution in [0.5, 0.6) is 0 Å². The van der Waals surface area contributed by atoms with Gasteiger partial charge >= 0.3 is 0 Å². The second-order valence-electron chi connectivity index (χ2n) is 5.17. The molecule has 0 fully saturated rings. The normalized spacial score (nSPS) is 10.4. The Morgan fingerprint density at radius 2 is 2.09 bits per heavy atom. The van der Waals surface area contributed by atoms with Crippen molar-refractivity contribution in [3.8, 4) is 6.07 Å². The first-order chi connectivity index (χ1) is 10.9. The van der Waals surface area contributed by atoms with Gasteiger partial charge in [-0.25, -0.2) is 9.07 Å². The fourth-order valence-electron chi connectivity index (χ4n) is 2.17. The summed E-state index contributed by atoms with van der Waals surface area (Å²) in [4.78, 5) is 13.9. The number of nitrogens with zero attached hydrogens (tertiary/aromatic N) is 4. The third kappa shape index (κ3) is 3.88. The van der Waals surface area contributed by atoms with E-state index in [2.05, 4.69) is 5.10 Å². The van der Waals surface area contributed by atoms with Gasteiger partial charge in [-0.2, -0.15) is 10.4 Å². The Morgan fingerprint density at radius 1 is 1.43 bits per heavy atom. The van der Waals surface area contributed by atoms with Gasteiger partial charge in [-0.1, -0.05) is 23.7 Å². The monoisotopic (exact) mass is 334 g/mol. The molecule has 0 atom stereocenters. The third-order valence-corrected chi connectivity index (χ3v) is 3.81. The summed E-state index contributed by atoms with van der Waals surface area (Å²) in [5.74, 6) is -0.584. The van der Waals surface area contributed by atoms with Crippen molar-refractivity contribution in [3.05, 3.63) is 52.1 Å². The van der Waals surface area contributed by atoms with Crippen LogP contribution in [0.25, 0.3) is 0 Å². The van der Waals surface area contributed by atoms with Crippen LogP contribution in [0.4, 0.5) is 4.39 Å². The highest BCUT2D eigenvalue weighted by Crippen LogP contribution is 2.22. The molecule has 0 bridgehead atoms. The van der Waals surface area contributed by atoms with Crippen molar-refractivity contribution in [3.63, 3.8) is 0 Å².